The van der Waals surface area contributed by atoms with Crippen LogP contribution in [0.25, 0.3) is 0 Å². The lowest BCUT2D eigenvalue weighted by Gasteiger charge is -2.08. The number of benzene rings is 1. The Morgan fingerprint density at radius 2 is 1.75 bits per heavy atom. The first kappa shape index (κ1) is 9.75. The number of hydrogen-bond acceptors (Lipinski definition) is 2. The van der Waals surface area contributed by atoms with Crippen LogP contribution in [0, 0.1) is 13.8 Å². The third-order valence-corrected chi connectivity index (χ3v) is 3.15. The molecule has 1 aromatic rings. The van der Waals surface area contributed by atoms with E-state index in [0.717, 1.165) is 4.20 Å². The highest BCUT2D eigenvalue weighted by Gasteiger charge is 2.05. The molecular formula is C10H12S2. The second-order valence-electron chi connectivity index (χ2n) is 2.76. The van der Waals surface area contributed by atoms with E-state index in [1.54, 1.807) is 11.8 Å². The van der Waals surface area contributed by atoms with Crippen molar-refractivity contribution in [1.29, 1.82) is 0 Å². The van der Waals surface area contributed by atoms with E-state index >= 15 is 0 Å². The monoisotopic (exact) mass is 196 g/mol. The van der Waals surface area contributed by atoms with Crippen molar-refractivity contribution in [1.82, 2.24) is 0 Å². The highest BCUT2D eigenvalue weighted by atomic mass is 32.2. The quantitative estimate of drug-likeness (QED) is 0.632. The number of thiocarbonyl (C=S) groups is 1. The van der Waals surface area contributed by atoms with Gasteiger partial charge in [0, 0.05) is 5.56 Å². The third kappa shape index (κ3) is 1.87. The van der Waals surface area contributed by atoms with Crippen LogP contribution in [0.4, 0.5) is 0 Å². The summed E-state index contributed by atoms with van der Waals surface area (Å²) in [5, 5.41) is 0. The SMILES string of the molecule is CSC(=S)c1c(C)cccc1C. The molecule has 12 heavy (non-hydrogen) atoms. The van der Waals surface area contributed by atoms with Crippen molar-refractivity contribution in [3.8, 4) is 0 Å². The summed E-state index contributed by atoms with van der Waals surface area (Å²) in [6.45, 7) is 4.20. The van der Waals surface area contributed by atoms with Crippen LogP contribution in [0.2, 0.25) is 0 Å². The lowest BCUT2D eigenvalue weighted by atomic mass is 10.1. The smallest absolute Gasteiger partial charge is 0.0780 e. The lowest BCUT2D eigenvalue weighted by molar-refractivity contribution is 1.37. The minimum atomic E-state index is 0.991. The summed E-state index contributed by atoms with van der Waals surface area (Å²) in [5.41, 5.74) is 3.78. The van der Waals surface area contributed by atoms with E-state index < -0.39 is 0 Å². The molecule has 0 aromatic heterocycles. The van der Waals surface area contributed by atoms with Crippen LogP contribution >= 0.6 is 24.0 Å². The fraction of sp³-hybridized carbons (Fsp3) is 0.300. The molecule has 0 atom stereocenters. The molecule has 0 heterocycles. The molecule has 0 unspecified atom stereocenters. The van der Waals surface area contributed by atoms with Gasteiger partial charge < -0.3 is 0 Å². The molecule has 0 fully saturated rings. The van der Waals surface area contributed by atoms with Crippen molar-refractivity contribution in [3.63, 3.8) is 0 Å². The van der Waals surface area contributed by atoms with Gasteiger partial charge in [0.2, 0.25) is 0 Å². The van der Waals surface area contributed by atoms with Crippen molar-refractivity contribution >= 4 is 28.2 Å². The summed E-state index contributed by atoms with van der Waals surface area (Å²) in [4.78, 5) is 0. The van der Waals surface area contributed by atoms with Crippen molar-refractivity contribution in [2.45, 2.75) is 13.8 Å². The third-order valence-electron chi connectivity index (χ3n) is 1.87. The van der Waals surface area contributed by atoms with E-state index in [1.165, 1.54) is 16.7 Å². The van der Waals surface area contributed by atoms with Crippen LogP contribution in [-0.2, 0) is 0 Å². The van der Waals surface area contributed by atoms with Crippen LogP contribution in [0.5, 0.6) is 0 Å². The van der Waals surface area contributed by atoms with Crippen LogP contribution in [0.1, 0.15) is 16.7 Å². The summed E-state index contributed by atoms with van der Waals surface area (Å²) in [7, 11) is 0. The molecule has 0 N–H and O–H groups in total. The summed E-state index contributed by atoms with van der Waals surface area (Å²) >= 11 is 6.90. The Bertz CT molecular complexity index is 282. The van der Waals surface area contributed by atoms with Gasteiger partial charge in [0.25, 0.3) is 0 Å². The van der Waals surface area contributed by atoms with Gasteiger partial charge in [-0.3, -0.25) is 0 Å². The van der Waals surface area contributed by atoms with Gasteiger partial charge in [0.15, 0.2) is 0 Å². The van der Waals surface area contributed by atoms with Crippen LogP contribution in [0.3, 0.4) is 0 Å². The largest absolute Gasteiger partial charge is 0.117 e. The van der Waals surface area contributed by atoms with Crippen molar-refractivity contribution < 1.29 is 0 Å². The molecule has 1 aromatic carbocycles. The fourth-order valence-corrected chi connectivity index (χ4v) is 2.09. The van der Waals surface area contributed by atoms with Gasteiger partial charge in [-0.15, -0.1) is 11.8 Å². The Hall–Kier alpha value is -0.340. The molecule has 0 nitrogen and oxygen atoms in total. The standard InChI is InChI=1S/C10H12S2/c1-7-5-4-6-8(2)9(7)10(11)12-3/h4-6H,1-3H3. The van der Waals surface area contributed by atoms with Gasteiger partial charge in [-0.1, -0.05) is 30.4 Å². The average molecular weight is 196 g/mol. The van der Waals surface area contributed by atoms with Gasteiger partial charge in [-0.05, 0) is 31.2 Å². The second-order valence-corrected chi connectivity index (χ2v) is 4.24. The van der Waals surface area contributed by atoms with E-state index in [9.17, 15) is 0 Å². The highest BCUT2D eigenvalue weighted by molar-refractivity contribution is 8.23. The molecule has 0 aliphatic heterocycles. The number of thioether (sulfide) groups is 1. The molecule has 64 valence electrons. The lowest BCUT2D eigenvalue weighted by Crippen LogP contribution is -1.97. The zero-order valence-corrected chi connectivity index (χ0v) is 9.18. The van der Waals surface area contributed by atoms with E-state index in [-0.39, 0.29) is 0 Å². The Kier molecular flexibility index (Phi) is 3.29. The summed E-state index contributed by atoms with van der Waals surface area (Å²) in [6, 6.07) is 6.27. The van der Waals surface area contributed by atoms with Crippen molar-refractivity contribution in [3.05, 3.63) is 34.9 Å². The number of aryl methyl sites for hydroxylation is 2. The molecule has 0 radical (unpaired) electrons. The Morgan fingerprint density at radius 3 is 2.17 bits per heavy atom. The van der Waals surface area contributed by atoms with Crippen molar-refractivity contribution in [2.24, 2.45) is 0 Å². The molecule has 1 rings (SSSR count). The Labute approximate surface area is 83.4 Å². The van der Waals surface area contributed by atoms with Gasteiger partial charge in [0.05, 0.1) is 4.20 Å². The minimum absolute atomic E-state index is 0.991. The first-order chi connectivity index (χ1) is 5.66. The molecule has 0 bridgehead atoms. The molecule has 0 aliphatic carbocycles. The molecule has 0 aliphatic rings. The fourth-order valence-electron chi connectivity index (χ4n) is 1.24. The first-order valence-electron chi connectivity index (χ1n) is 3.81. The predicted octanol–water partition coefficient (Wildman–Crippen LogP) is 3.34. The van der Waals surface area contributed by atoms with E-state index in [2.05, 4.69) is 32.0 Å². The van der Waals surface area contributed by atoms with Gasteiger partial charge >= 0.3 is 0 Å². The van der Waals surface area contributed by atoms with Crippen LogP contribution in [0.15, 0.2) is 18.2 Å². The number of hydrogen-bond donors (Lipinski definition) is 0. The van der Waals surface area contributed by atoms with Gasteiger partial charge in [-0.25, -0.2) is 0 Å². The van der Waals surface area contributed by atoms with E-state index in [0.29, 0.717) is 0 Å². The molecular weight excluding hydrogens is 184 g/mol. The molecule has 0 amide bonds. The molecule has 0 spiro atoms. The maximum absolute atomic E-state index is 5.26. The van der Waals surface area contributed by atoms with Gasteiger partial charge in [0.1, 0.15) is 0 Å². The predicted molar refractivity (Wildman–Crippen MR) is 61.1 cm³/mol. The Balaban J connectivity index is 3.21. The number of rotatable bonds is 1. The van der Waals surface area contributed by atoms with Crippen LogP contribution < -0.4 is 0 Å². The normalized spacial score (nSPS) is 9.92. The summed E-state index contributed by atoms with van der Waals surface area (Å²) in [5.74, 6) is 0. The van der Waals surface area contributed by atoms with Crippen LogP contribution in [-0.4, -0.2) is 10.5 Å². The molecule has 0 saturated heterocycles. The summed E-state index contributed by atoms with van der Waals surface area (Å²) < 4.78 is 0.991. The first-order valence-corrected chi connectivity index (χ1v) is 5.44. The Morgan fingerprint density at radius 1 is 1.25 bits per heavy atom. The zero-order valence-electron chi connectivity index (χ0n) is 7.55. The zero-order chi connectivity index (χ0) is 9.14. The average Bonchev–Trinajstić information content (AvgIpc) is 2.03. The molecule has 2 heteroatoms. The second kappa shape index (κ2) is 4.06. The minimum Gasteiger partial charge on any atom is -0.117 e. The summed E-state index contributed by atoms with van der Waals surface area (Å²) in [6.07, 6.45) is 2.02. The van der Waals surface area contributed by atoms with Gasteiger partial charge in [-0.2, -0.15) is 0 Å². The van der Waals surface area contributed by atoms with E-state index in [4.69, 9.17) is 12.2 Å². The highest BCUT2D eigenvalue weighted by Crippen LogP contribution is 2.19. The maximum atomic E-state index is 5.26. The van der Waals surface area contributed by atoms with E-state index in [1.807, 2.05) is 6.26 Å². The van der Waals surface area contributed by atoms with Crippen molar-refractivity contribution in [2.75, 3.05) is 6.26 Å². The topological polar surface area (TPSA) is 0 Å². The maximum Gasteiger partial charge on any atom is 0.0780 e. The molecule has 0 saturated carbocycles.